The van der Waals surface area contributed by atoms with Crippen LogP contribution in [0, 0.1) is 5.82 Å². The van der Waals surface area contributed by atoms with Gasteiger partial charge in [-0.2, -0.15) is 0 Å². The molecule has 13 heavy (non-hydrogen) atoms. The van der Waals surface area contributed by atoms with Crippen molar-refractivity contribution in [2.75, 3.05) is 0 Å². The van der Waals surface area contributed by atoms with Crippen molar-refractivity contribution in [3.05, 3.63) is 33.6 Å². The summed E-state index contributed by atoms with van der Waals surface area (Å²) in [5.74, 6) is -0.454. The number of aliphatic hydroxyl groups excluding tert-OH is 1. The fourth-order valence-electron chi connectivity index (χ4n) is 1.93. The number of aliphatic hydroxyl groups is 1. The normalized spacial score (nSPS) is 14.7. The maximum absolute atomic E-state index is 13.4. The molecule has 1 aliphatic carbocycles. The average Bonchev–Trinajstić information content (AvgIpc) is 2.54. The van der Waals surface area contributed by atoms with E-state index >= 15 is 0 Å². The van der Waals surface area contributed by atoms with Gasteiger partial charge in [0, 0.05) is 5.56 Å². The third-order valence-electron chi connectivity index (χ3n) is 2.56. The summed E-state index contributed by atoms with van der Waals surface area (Å²) in [5.41, 5.74) is 2.44. The number of halogens is 2. The lowest BCUT2D eigenvalue weighted by atomic mass is 10.0. The van der Waals surface area contributed by atoms with E-state index in [-0.39, 0.29) is 11.6 Å². The van der Waals surface area contributed by atoms with E-state index < -0.39 is 5.82 Å². The second-order valence-corrected chi connectivity index (χ2v) is 3.71. The van der Waals surface area contributed by atoms with Crippen LogP contribution < -0.4 is 0 Å². The molecule has 0 aromatic heterocycles. The van der Waals surface area contributed by atoms with Crippen LogP contribution in [0.1, 0.15) is 23.1 Å². The molecule has 0 aliphatic heterocycles. The molecule has 1 aromatic carbocycles. The molecule has 0 atom stereocenters. The van der Waals surface area contributed by atoms with Crippen molar-refractivity contribution in [1.29, 1.82) is 0 Å². The summed E-state index contributed by atoms with van der Waals surface area (Å²) in [6.45, 7) is -0.255. The maximum atomic E-state index is 13.4. The summed E-state index contributed by atoms with van der Waals surface area (Å²) in [5, 5.41) is 9.14. The minimum Gasteiger partial charge on any atom is -0.392 e. The second-order valence-electron chi connectivity index (χ2n) is 3.30. The molecule has 0 saturated heterocycles. The van der Waals surface area contributed by atoms with Gasteiger partial charge in [-0.3, -0.25) is 0 Å². The highest BCUT2D eigenvalue weighted by Crippen LogP contribution is 2.31. The molecule has 2 rings (SSSR count). The zero-order valence-corrected chi connectivity index (χ0v) is 7.86. The van der Waals surface area contributed by atoms with Gasteiger partial charge in [-0.25, -0.2) is 4.39 Å². The second kappa shape index (κ2) is 3.28. The molecule has 0 bridgehead atoms. The molecule has 1 N–H and O–H groups in total. The molecule has 1 nitrogen and oxygen atoms in total. The topological polar surface area (TPSA) is 20.2 Å². The van der Waals surface area contributed by atoms with Crippen LogP contribution in [0.2, 0.25) is 5.02 Å². The van der Waals surface area contributed by atoms with Crippen LogP contribution in [-0.2, 0) is 19.4 Å². The smallest absolute Gasteiger partial charge is 0.147 e. The molecule has 0 amide bonds. The molecule has 1 aromatic rings. The van der Waals surface area contributed by atoms with E-state index in [4.69, 9.17) is 16.7 Å². The maximum Gasteiger partial charge on any atom is 0.147 e. The van der Waals surface area contributed by atoms with Crippen LogP contribution in [0.5, 0.6) is 0 Å². The lowest BCUT2D eigenvalue weighted by Crippen LogP contribution is -1.98. The predicted molar refractivity (Wildman–Crippen MR) is 49.4 cm³/mol. The molecule has 0 saturated carbocycles. The lowest BCUT2D eigenvalue weighted by molar-refractivity contribution is 0.274. The molecule has 70 valence electrons. The largest absolute Gasteiger partial charge is 0.392 e. The summed E-state index contributed by atoms with van der Waals surface area (Å²) >= 11 is 5.69. The summed E-state index contributed by atoms with van der Waals surface area (Å²) in [4.78, 5) is 0. The van der Waals surface area contributed by atoms with Crippen molar-refractivity contribution in [1.82, 2.24) is 0 Å². The Hall–Kier alpha value is -0.600. The minimum atomic E-state index is -0.454. The van der Waals surface area contributed by atoms with Crippen LogP contribution in [0.15, 0.2) is 6.07 Å². The number of rotatable bonds is 1. The number of aryl methyl sites for hydroxylation is 1. The van der Waals surface area contributed by atoms with E-state index in [1.165, 1.54) is 0 Å². The van der Waals surface area contributed by atoms with E-state index in [9.17, 15) is 4.39 Å². The van der Waals surface area contributed by atoms with E-state index in [2.05, 4.69) is 0 Å². The number of hydrogen-bond acceptors (Lipinski definition) is 1. The van der Waals surface area contributed by atoms with Gasteiger partial charge in [-0.05, 0) is 36.5 Å². The van der Waals surface area contributed by atoms with E-state index in [0.29, 0.717) is 5.56 Å². The van der Waals surface area contributed by atoms with Crippen LogP contribution >= 0.6 is 11.6 Å². The Bertz CT molecular complexity index is 349. The highest BCUT2D eigenvalue weighted by atomic mass is 35.5. The van der Waals surface area contributed by atoms with E-state index in [0.717, 1.165) is 30.4 Å². The zero-order chi connectivity index (χ0) is 9.42. The molecule has 0 radical (unpaired) electrons. The van der Waals surface area contributed by atoms with Crippen molar-refractivity contribution < 1.29 is 9.50 Å². The molecule has 1 aliphatic rings. The molecular formula is C10H10ClFO. The fraction of sp³-hybridized carbons (Fsp3) is 0.400. The molecule has 0 fully saturated rings. The van der Waals surface area contributed by atoms with Gasteiger partial charge in [-0.1, -0.05) is 11.6 Å². The van der Waals surface area contributed by atoms with Gasteiger partial charge in [0.15, 0.2) is 0 Å². The van der Waals surface area contributed by atoms with Gasteiger partial charge in [-0.15, -0.1) is 0 Å². The lowest BCUT2D eigenvalue weighted by Gasteiger charge is -2.08. The summed E-state index contributed by atoms with van der Waals surface area (Å²) in [7, 11) is 0. The third-order valence-corrected chi connectivity index (χ3v) is 2.83. The summed E-state index contributed by atoms with van der Waals surface area (Å²) < 4.78 is 13.4. The zero-order valence-electron chi connectivity index (χ0n) is 7.11. The van der Waals surface area contributed by atoms with E-state index in [1.54, 1.807) is 6.07 Å². The van der Waals surface area contributed by atoms with Gasteiger partial charge in [0.2, 0.25) is 0 Å². The molecule has 0 heterocycles. The van der Waals surface area contributed by atoms with Crippen LogP contribution in [0.4, 0.5) is 4.39 Å². The van der Waals surface area contributed by atoms with Crippen molar-refractivity contribution in [2.24, 2.45) is 0 Å². The Balaban J connectivity index is 2.64. The molecule has 0 spiro atoms. The van der Waals surface area contributed by atoms with Crippen molar-refractivity contribution >= 4 is 11.6 Å². The van der Waals surface area contributed by atoms with Gasteiger partial charge in [0.05, 0.1) is 11.6 Å². The number of fused-ring (bicyclic) bond motifs is 1. The standard InChI is InChI=1S/C10H10ClFO/c11-9-4-6-2-1-3-7(6)8(5-13)10(9)12/h4,13H,1-3,5H2. The first-order valence-electron chi connectivity index (χ1n) is 4.33. The molecular weight excluding hydrogens is 191 g/mol. The number of hydrogen-bond donors (Lipinski definition) is 1. The van der Waals surface area contributed by atoms with Crippen molar-refractivity contribution in [3.8, 4) is 0 Å². The Morgan fingerprint density at radius 2 is 2.23 bits per heavy atom. The first kappa shape index (κ1) is 8.97. The SMILES string of the molecule is OCc1c(F)c(Cl)cc2c1CCC2. The Labute approximate surface area is 81.1 Å². The van der Waals surface area contributed by atoms with Gasteiger partial charge >= 0.3 is 0 Å². The Morgan fingerprint density at radius 1 is 1.46 bits per heavy atom. The van der Waals surface area contributed by atoms with Crippen molar-refractivity contribution in [2.45, 2.75) is 25.9 Å². The van der Waals surface area contributed by atoms with E-state index in [1.807, 2.05) is 0 Å². The minimum absolute atomic E-state index is 0.129. The third kappa shape index (κ3) is 1.34. The average molecular weight is 201 g/mol. The Kier molecular flexibility index (Phi) is 2.26. The molecule has 3 heteroatoms. The van der Waals surface area contributed by atoms with Crippen LogP contribution in [0.25, 0.3) is 0 Å². The first-order chi connectivity index (χ1) is 6.24. The molecule has 0 unspecified atom stereocenters. The van der Waals surface area contributed by atoms with Crippen LogP contribution in [0.3, 0.4) is 0 Å². The fourth-order valence-corrected chi connectivity index (χ4v) is 2.17. The van der Waals surface area contributed by atoms with Crippen molar-refractivity contribution in [3.63, 3.8) is 0 Å². The first-order valence-corrected chi connectivity index (χ1v) is 4.71. The highest BCUT2D eigenvalue weighted by molar-refractivity contribution is 6.30. The quantitative estimate of drug-likeness (QED) is 0.739. The van der Waals surface area contributed by atoms with Gasteiger partial charge in [0.1, 0.15) is 5.82 Å². The summed E-state index contributed by atoms with van der Waals surface area (Å²) in [6.07, 6.45) is 2.84. The van der Waals surface area contributed by atoms with Gasteiger partial charge < -0.3 is 5.11 Å². The van der Waals surface area contributed by atoms with Crippen LogP contribution in [-0.4, -0.2) is 5.11 Å². The summed E-state index contributed by atoms with van der Waals surface area (Å²) in [6, 6.07) is 1.68. The van der Waals surface area contributed by atoms with Gasteiger partial charge in [0.25, 0.3) is 0 Å². The Morgan fingerprint density at radius 3 is 2.92 bits per heavy atom. The monoisotopic (exact) mass is 200 g/mol. The highest BCUT2D eigenvalue weighted by Gasteiger charge is 2.19. The predicted octanol–water partition coefficient (Wildman–Crippen LogP) is 2.46. The number of benzene rings is 1.